The highest BCUT2D eigenvalue weighted by molar-refractivity contribution is 5.73. The maximum atomic E-state index is 11.0. The molecule has 14 heavy (non-hydrogen) atoms. The Balaban J connectivity index is 2.42. The van der Waals surface area contributed by atoms with Gasteiger partial charge < -0.3 is 5.11 Å². The molecule has 3 nitrogen and oxygen atoms in total. The van der Waals surface area contributed by atoms with Gasteiger partial charge in [-0.15, -0.1) is 0 Å². The predicted octanol–water partition coefficient (Wildman–Crippen LogP) is 1.97. The van der Waals surface area contributed by atoms with Crippen LogP contribution in [0, 0.1) is 5.92 Å². The first kappa shape index (κ1) is 11.5. The third-order valence-corrected chi connectivity index (χ3v) is 2.89. The zero-order valence-corrected chi connectivity index (χ0v) is 9.20. The summed E-state index contributed by atoms with van der Waals surface area (Å²) in [5.74, 6) is 0.0137. The number of carboxylic acid groups (broad SMARTS) is 1. The molecule has 0 aliphatic carbocycles. The summed E-state index contributed by atoms with van der Waals surface area (Å²) in [5.41, 5.74) is 0. The number of carbonyl (C=O) groups is 1. The van der Waals surface area contributed by atoms with E-state index in [-0.39, 0.29) is 6.04 Å². The fourth-order valence-corrected chi connectivity index (χ4v) is 1.96. The minimum atomic E-state index is -0.645. The minimum absolute atomic E-state index is 0.220. The lowest BCUT2D eigenvalue weighted by atomic mass is 10.0. The van der Waals surface area contributed by atoms with Gasteiger partial charge in [0.1, 0.15) is 6.04 Å². The SMILES string of the molecule is CC(C)CCN1CCCCC1C(=O)O. The van der Waals surface area contributed by atoms with E-state index >= 15 is 0 Å². The molecule has 0 aromatic carbocycles. The highest BCUT2D eigenvalue weighted by atomic mass is 16.4. The molecule has 1 saturated heterocycles. The van der Waals surface area contributed by atoms with E-state index in [1.807, 2.05) is 0 Å². The Bertz CT molecular complexity index is 192. The van der Waals surface area contributed by atoms with Gasteiger partial charge in [-0.1, -0.05) is 20.3 Å². The van der Waals surface area contributed by atoms with Crippen molar-refractivity contribution in [2.45, 2.75) is 45.6 Å². The maximum Gasteiger partial charge on any atom is 0.320 e. The Labute approximate surface area is 86.1 Å². The van der Waals surface area contributed by atoms with Gasteiger partial charge in [0, 0.05) is 0 Å². The van der Waals surface area contributed by atoms with Gasteiger partial charge in [0.05, 0.1) is 0 Å². The number of hydrogen-bond acceptors (Lipinski definition) is 2. The molecule has 3 heteroatoms. The zero-order chi connectivity index (χ0) is 10.6. The van der Waals surface area contributed by atoms with Crippen LogP contribution in [0.15, 0.2) is 0 Å². The largest absolute Gasteiger partial charge is 0.480 e. The van der Waals surface area contributed by atoms with Crippen LogP contribution in [0.2, 0.25) is 0 Å². The third-order valence-electron chi connectivity index (χ3n) is 2.89. The normalized spacial score (nSPS) is 24.1. The molecule has 82 valence electrons. The van der Waals surface area contributed by atoms with Crippen LogP contribution in [-0.2, 0) is 4.79 Å². The summed E-state index contributed by atoms with van der Waals surface area (Å²) in [6.07, 6.45) is 4.15. The standard InChI is InChI=1S/C11H21NO2/c1-9(2)6-8-12-7-4-3-5-10(12)11(13)14/h9-10H,3-8H2,1-2H3,(H,13,14). The average Bonchev–Trinajstić information content (AvgIpc) is 2.15. The second-order valence-corrected chi connectivity index (χ2v) is 4.57. The minimum Gasteiger partial charge on any atom is -0.480 e. The summed E-state index contributed by atoms with van der Waals surface area (Å²) in [6.45, 7) is 6.26. The topological polar surface area (TPSA) is 40.5 Å². The Morgan fingerprint density at radius 2 is 2.21 bits per heavy atom. The van der Waals surface area contributed by atoms with Crippen molar-refractivity contribution < 1.29 is 9.90 Å². The summed E-state index contributed by atoms with van der Waals surface area (Å²) in [7, 11) is 0. The molecule has 1 N–H and O–H groups in total. The Kier molecular flexibility index (Phi) is 4.39. The fraction of sp³-hybridized carbons (Fsp3) is 0.909. The summed E-state index contributed by atoms with van der Waals surface area (Å²) in [5, 5.41) is 9.03. The summed E-state index contributed by atoms with van der Waals surface area (Å²) < 4.78 is 0. The summed E-state index contributed by atoms with van der Waals surface area (Å²) >= 11 is 0. The Morgan fingerprint density at radius 3 is 2.79 bits per heavy atom. The zero-order valence-electron chi connectivity index (χ0n) is 9.20. The molecule has 0 bridgehead atoms. The van der Waals surface area contributed by atoms with Crippen LogP contribution < -0.4 is 0 Å². The van der Waals surface area contributed by atoms with Crippen molar-refractivity contribution >= 4 is 5.97 Å². The predicted molar refractivity (Wildman–Crippen MR) is 56.3 cm³/mol. The van der Waals surface area contributed by atoms with E-state index in [0.29, 0.717) is 5.92 Å². The second-order valence-electron chi connectivity index (χ2n) is 4.57. The summed E-state index contributed by atoms with van der Waals surface area (Å²) in [6, 6.07) is -0.220. The molecule has 0 spiro atoms. The summed E-state index contributed by atoms with van der Waals surface area (Å²) in [4.78, 5) is 13.1. The Hall–Kier alpha value is -0.570. The van der Waals surface area contributed by atoms with Gasteiger partial charge in [0.15, 0.2) is 0 Å². The van der Waals surface area contributed by atoms with Crippen LogP contribution >= 0.6 is 0 Å². The van der Waals surface area contributed by atoms with Crippen molar-refractivity contribution in [2.75, 3.05) is 13.1 Å². The van der Waals surface area contributed by atoms with Crippen molar-refractivity contribution in [1.82, 2.24) is 4.90 Å². The third kappa shape index (κ3) is 3.29. The molecule has 1 fully saturated rings. The van der Waals surface area contributed by atoms with Crippen molar-refractivity contribution in [1.29, 1.82) is 0 Å². The number of hydrogen-bond donors (Lipinski definition) is 1. The van der Waals surface area contributed by atoms with Gasteiger partial charge >= 0.3 is 5.97 Å². The average molecular weight is 199 g/mol. The van der Waals surface area contributed by atoms with E-state index in [1.165, 1.54) is 0 Å². The van der Waals surface area contributed by atoms with E-state index in [1.54, 1.807) is 0 Å². The molecule has 0 amide bonds. The lowest BCUT2D eigenvalue weighted by molar-refractivity contribution is -0.144. The van der Waals surface area contributed by atoms with Crippen LogP contribution in [0.5, 0.6) is 0 Å². The lowest BCUT2D eigenvalue weighted by Crippen LogP contribution is -2.45. The number of likely N-dealkylation sites (tertiary alicyclic amines) is 1. The molecular formula is C11H21NO2. The van der Waals surface area contributed by atoms with Gasteiger partial charge in [-0.3, -0.25) is 9.69 Å². The van der Waals surface area contributed by atoms with E-state index in [9.17, 15) is 4.79 Å². The van der Waals surface area contributed by atoms with Gasteiger partial charge in [0.25, 0.3) is 0 Å². The van der Waals surface area contributed by atoms with Crippen LogP contribution in [0.25, 0.3) is 0 Å². The number of nitrogens with zero attached hydrogens (tertiary/aromatic N) is 1. The number of rotatable bonds is 4. The molecule has 1 heterocycles. The van der Waals surface area contributed by atoms with E-state index in [0.717, 1.165) is 38.8 Å². The second kappa shape index (κ2) is 5.35. The van der Waals surface area contributed by atoms with Gasteiger partial charge in [-0.05, 0) is 38.3 Å². The molecule has 0 saturated carbocycles. The van der Waals surface area contributed by atoms with Crippen LogP contribution in [0.1, 0.15) is 39.5 Å². The van der Waals surface area contributed by atoms with E-state index in [2.05, 4.69) is 18.7 Å². The van der Waals surface area contributed by atoms with Crippen molar-refractivity contribution in [2.24, 2.45) is 5.92 Å². The highest BCUT2D eigenvalue weighted by Crippen LogP contribution is 2.18. The lowest BCUT2D eigenvalue weighted by Gasteiger charge is -2.33. The molecule has 1 unspecified atom stereocenters. The molecule has 0 radical (unpaired) electrons. The van der Waals surface area contributed by atoms with Crippen LogP contribution in [0.3, 0.4) is 0 Å². The first-order valence-corrected chi connectivity index (χ1v) is 5.58. The van der Waals surface area contributed by atoms with Crippen molar-refractivity contribution in [3.63, 3.8) is 0 Å². The first-order chi connectivity index (χ1) is 6.61. The first-order valence-electron chi connectivity index (χ1n) is 5.58. The van der Waals surface area contributed by atoms with E-state index in [4.69, 9.17) is 5.11 Å². The van der Waals surface area contributed by atoms with Crippen molar-refractivity contribution in [3.05, 3.63) is 0 Å². The van der Waals surface area contributed by atoms with Crippen molar-refractivity contribution in [3.8, 4) is 0 Å². The highest BCUT2D eigenvalue weighted by Gasteiger charge is 2.27. The number of carboxylic acids is 1. The quantitative estimate of drug-likeness (QED) is 0.752. The molecule has 0 aromatic heterocycles. The maximum absolute atomic E-state index is 11.0. The molecule has 1 atom stereocenters. The monoisotopic (exact) mass is 199 g/mol. The molecule has 0 aromatic rings. The van der Waals surface area contributed by atoms with Gasteiger partial charge in [-0.25, -0.2) is 0 Å². The molecule has 1 aliphatic rings. The fourth-order valence-electron chi connectivity index (χ4n) is 1.96. The molecule has 1 rings (SSSR count). The smallest absolute Gasteiger partial charge is 0.320 e. The van der Waals surface area contributed by atoms with E-state index < -0.39 is 5.97 Å². The number of aliphatic carboxylic acids is 1. The number of piperidine rings is 1. The van der Waals surface area contributed by atoms with Crippen LogP contribution in [0.4, 0.5) is 0 Å². The molecular weight excluding hydrogens is 178 g/mol. The van der Waals surface area contributed by atoms with Crippen LogP contribution in [-0.4, -0.2) is 35.1 Å². The van der Waals surface area contributed by atoms with Gasteiger partial charge in [-0.2, -0.15) is 0 Å². The molecule has 1 aliphatic heterocycles. The van der Waals surface area contributed by atoms with Gasteiger partial charge in [0.2, 0.25) is 0 Å². The Morgan fingerprint density at radius 1 is 1.50 bits per heavy atom.